The van der Waals surface area contributed by atoms with E-state index in [-0.39, 0.29) is 6.04 Å². The van der Waals surface area contributed by atoms with Gasteiger partial charge in [0.2, 0.25) is 5.95 Å². The predicted octanol–water partition coefficient (Wildman–Crippen LogP) is 1.75. The molecule has 0 aliphatic heterocycles. The van der Waals surface area contributed by atoms with E-state index >= 15 is 0 Å². The molecule has 0 aliphatic carbocycles. The van der Waals surface area contributed by atoms with Gasteiger partial charge in [-0.05, 0) is 19.4 Å². The molecule has 1 aromatic heterocycles. The maximum Gasteiger partial charge on any atom is 0.224 e. The molecule has 0 radical (unpaired) electrons. The zero-order valence-corrected chi connectivity index (χ0v) is 10.2. The fourth-order valence-electron chi connectivity index (χ4n) is 1.35. The van der Waals surface area contributed by atoms with Gasteiger partial charge in [-0.1, -0.05) is 6.92 Å². The molecule has 2 N–H and O–H groups in total. The number of nitrogens with one attached hydrogen (secondary N) is 2. The van der Waals surface area contributed by atoms with Gasteiger partial charge in [-0.2, -0.15) is 4.98 Å². The Labute approximate surface area is 96.6 Å². The predicted molar refractivity (Wildman–Crippen MR) is 65.8 cm³/mol. The van der Waals surface area contributed by atoms with E-state index in [1.807, 2.05) is 13.0 Å². The molecule has 1 rings (SSSR count). The van der Waals surface area contributed by atoms with Crippen molar-refractivity contribution in [1.82, 2.24) is 9.97 Å². The monoisotopic (exact) mass is 224 g/mol. The van der Waals surface area contributed by atoms with Crippen LogP contribution in [-0.4, -0.2) is 36.3 Å². The molecular weight excluding hydrogens is 204 g/mol. The lowest BCUT2D eigenvalue weighted by molar-refractivity contribution is 0.184. The number of aromatic nitrogens is 2. The van der Waals surface area contributed by atoms with Crippen LogP contribution in [0.25, 0.3) is 0 Å². The topological polar surface area (TPSA) is 59.1 Å². The number of anilines is 2. The van der Waals surface area contributed by atoms with E-state index in [0.717, 1.165) is 18.8 Å². The first-order valence-corrected chi connectivity index (χ1v) is 5.62. The van der Waals surface area contributed by atoms with Crippen LogP contribution in [0.3, 0.4) is 0 Å². The summed E-state index contributed by atoms with van der Waals surface area (Å²) in [5, 5.41) is 6.39. The molecule has 0 aliphatic rings. The van der Waals surface area contributed by atoms with Crippen LogP contribution < -0.4 is 10.6 Å². The van der Waals surface area contributed by atoms with Gasteiger partial charge in [0.15, 0.2) is 0 Å². The Balaban J connectivity index is 2.60. The van der Waals surface area contributed by atoms with Gasteiger partial charge in [-0.15, -0.1) is 0 Å². The van der Waals surface area contributed by atoms with Crippen LogP contribution in [0.1, 0.15) is 20.3 Å². The van der Waals surface area contributed by atoms with Crippen LogP contribution in [0, 0.1) is 0 Å². The molecule has 0 spiro atoms. The van der Waals surface area contributed by atoms with Gasteiger partial charge in [-0.3, -0.25) is 0 Å². The Morgan fingerprint density at radius 2 is 2.25 bits per heavy atom. The number of nitrogens with zero attached hydrogens (tertiary/aromatic N) is 2. The first kappa shape index (κ1) is 12.7. The molecule has 5 heteroatoms. The fourth-order valence-corrected chi connectivity index (χ4v) is 1.35. The van der Waals surface area contributed by atoms with E-state index in [0.29, 0.717) is 12.6 Å². The second kappa shape index (κ2) is 7.00. The minimum Gasteiger partial charge on any atom is -0.383 e. The van der Waals surface area contributed by atoms with Crippen LogP contribution in [0.4, 0.5) is 11.8 Å². The second-order valence-corrected chi connectivity index (χ2v) is 3.50. The van der Waals surface area contributed by atoms with E-state index in [1.54, 1.807) is 13.3 Å². The zero-order valence-electron chi connectivity index (χ0n) is 10.2. The Kier molecular flexibility index (Phi) is 5.56. The van der Waals surface area contributed by atoms with Gasteiger partial charge in [0.05, 0.1) is 12.6 Å². The lowest BCUT2D eigenvalue weighted by atomic mass is 10.2. The van der Waals surface area contributed by atoms with Gasteiger partial charge < -0.3 is 15.4 Å². The van der Waals surface area contributed by atoms with Gasteiger partial charge in [0.25, 0.3) is 0 Å². The molecule has 1 unspecified atom stereocenters. The third-order valence-corrected chi connectivity index (χ3v) is 2.20. The van der Waals surface area contributed by atoms with Gasteiger partial charge in [0.1, 0.15) is 5.82 Å². The van der Waals surface area contributed by atoms with Crippen LogP contribution in [0.15, 0.2) is 12.3 Å². The number of hydrogen-bond donors (Lipinski definition) is 2. The lowest BCUT2D eigenvalue weighted by Crippen LogP contribution is -2.24. The van der Waals surface area contributed by atoms with E-state index in [1.165, 1.54) is 0 Å². The summed E-state index contributed by atoms with van der Waals surface area (Å²) in [5.74, 6) is 1.48. The molecular formula is C11H20N4O. The van der Waals surface area contributed by atoms with Crippen molar-refractivity contribution in [2.75, 3.05) is 30.9 Å². The molecule has 16 heavy (non-hydrogen) atoms. The van der Waals surface area contributed by atoms with Crippen LogP contribution in [-0.2, 0) is 4.74 Å². The van der Waals surface area contributed by atoms with Crippen molar-refractivity contribution in [1.29, 1.82) is 0 Å². The fraction of sp³-hybridized carbons (Fsp3) is 0.636. The van der Waals surface area contributed by atoms with Crippen molar-refractivity contribution >= 4 is 11.8 Å². The van der Waals surface area contributed by atoms with E-state index in [2.05, 4.69) is 27.5 Å². The first-order chi connectivity index (χ1) is 7.80. The number of ether oxygens (including phenoxy) is 1. The molecule has 0 bridgehead atoms. The summed E-state index contributed by atoms with van der Waals surface area (Å²) >= 11 is 0. The minimum absolute atomic E-state index is 0.286. The Morgan fingerprint density at radius 1 is 1.44 bits per heavy atom. The molecule has 0 saturated carbocycles. The highest BCUT2D eigenvalue weighted by molar-refractivity contribution is 5.40. The molecule has 0 saturated heterocycles. The molecule has 0 fully saturated rings. The van der Waals surface area contributed by atoms with Crippen LogP contribution in [0.2, 0.25) is 0 Å². The van der Waals surface area contributed by atoms with Crippen molar-refractivity contribution in [2.45, 2.75) is 26.3 Å². The van der Waals surface area contributed by atoms with Gasteiger partial charge in [0, 0.05) is 19.9 Å². The normalized spacial score (nSPS) is 12.2. The third kappa shape index (κ3) is 4.02. The van der Waals surface area contributed by atoms with Crippen LogP contribution in [0.5, 0.6) is 0 Å². The molecule has 0 aromatic carbocycles. The van der Waals surface area contributed by atoms with Crippen LogP contribution >= 0.6 is 0 Å². The van der Waals surface area contributed by atoms with Crippen molar-refractivity contribution in [3.05, 3.63) is 12.3 Å². The smallest absolute Gasteiger partial charge is 0.224 e. The summed E-state index contributed by atoms with van der Waals surface area (Å²) in [6.07, 6.45) is 2.74. The highest BCUT2D eigenvalue weighted by Crippen LogP contribution is 2.08. The summed E-state index contributed by atoms with van der Waals surface area (Å²) in [6, 6.07) is 2.15. The average Bonchev–Trinajstić information content (AvgIpc) is 2.29. The molecule has 0 amide bonds. The highest BCUT2D eigenvalue weighted by atomic mass is 16.5. The zero-order chi connectivity index (χ0) is 11.8. The first-order valence-electron chi connectivity index (χ1n) is 5.62. The summed E-state index contributed by atoms with van der Waals surface area (Å²) < 4.78 is 5.12. The van der Waals surface area contributed by atoms with Crippen molar-refractivity contribution in [2.24, 2.45) is 0 Å². The summed E-state index contributed by atoms with van der Waals surface area (Å²) in [4.78, 5) is 8.46. The Bertz CT molecular complexity index is 306. The van der Waals surface area contributed by atoms with E-state index < -0.39 is 0 Å². The average molecular weight is 224 g/mol. The third-order valence-electron chi connectivity index (χ3n) is 2.20. The maximum absolute atomic E-state index is 5.12. The standard InChI is InChI=1S/C11H20N4O/c1-4-9(8-16-3)14-10-6-7-13-11(15-10)12-5-2/h6-7,9H,4-5,8H2,1-3H3,(H2,12,13,14,15). The molecule has 90 valence electrons. The second-order valence-electron chi connectivity index (χ2n) is 3.50. The minimum atomic E-state index is 0.286. The summed E-state index contributed by atoms with van der Waals surface area (Å²) in [5.41, 5.74) is 0. The number of rotatable bonds is 7. The Hall–Kier alpha value is -1.36. The number of hydrogen-bond acceptors (Lipinski definition) is 5. The van der Waals surface area contributed by atoms with Gasteiger partial charge >= 0.3 is 0 Å². The van der Waals surface area contributed by atoms with Crippen molar-refractivity contribution in [3.63, 3.8) is 0 Å². The van der Waals surface area contributed by atoms with E-state index in [4.69, 9.17) is 4.74 Å². The largest absolute Gasteiger partial charge is 0.383 e. The maximum atomic E-state index is 5.12. The Morgan fingerprint density at radius 3 is 2.88 bits per heavy atom. The highest BCUT2D eigenvalue weighted by Gasteiger charge is 2.06. The summed E-state index contributed by atoms with van der Waals surface area (Å²) in [6.45, 7) is 5.63. The van der Waals surface area contributed by atoms with Gasteiger partial charge in [-0.25, -0.2) is 4.98 Å². The van der Waals surface area contributed by atoms with Crippen molar-refractivity contribution in [3.8, 4) is 0 Å². The molecule has 1 aromatic rings. The number of methoxy groups -OCH3 is 1. The lowest BCUT2D eigenvalue weighted by Gasteiger charge is -2.16. The quantitative estimate of drug-likeness (QED) is 0.739. The summed E-state index contributed by atoms with van der Waals surface area (Å²) in [7, 11) is 1.70. The van der Waals surface area contributed by atoms with Crippen molar-refractivity contribution < 1.29 is 4.74 Å². The molecule has 1 atom stereocenters. The molecule has 5 nitrogen and oxygen atoms in total. The SMILES string of the molecule is CCNc1nccc(NC(CC)COC)n1. The van der Waals surface area contributed by atoms with E-state index in [9.17, 15) is 0 Å². The molecule has 1 heterocycles.